The number of hydrogen-bond acceptors (Lipinski definition) is 3. The van der Waals surface area contributed by atoms with Crippen LogP contribution in [-0.4, -0.2) is 22.7 Å². The summed E-state index contributed by atoms with van der Waals surface area (Å²) in [5, 5.41) is 8.74. The number of aromatic carboxylic acids is 1. The molecule has 0 unspecified atom stereocenters. The molecule has 0 amide bonds. The summed E-state index contributed by atoms with van der Waals surface area (Å²) in [4.78, 5) is 14.5. The minimum absolute atomic E-state index is 0.0151. The lowest BCUT2D eigenvalue weighted by Gasteiger charge is -2.07. The Labute approximate surface area is 95.3 Å². The highest BCUT2D eigenvalue weighted by molar-refractivity contribution is 5.85. The van der Waals surface area contributed by atoms with Crippen LogP contribution in [0.1, 0.15) is 37.2 Å². The third-order valence-electron chi connectivity index (χ3n) is 2.12. The van der Waals surface area contributed by atoms with Gasteiger partial charge in [0.2, 0.25) is 5.88 Å². The molecule has 0 fully saturated rings. The van der Waals surface area contributed by atoms with E-state index in [0.29, 0.717) is 18.4 Å². The van der Waals surface area contributed by atoms with E-state index in [-0.39, 0.29) is 5.69 Å². The fourth-order valence-corrected chi connectivity index (χ4v) is 1.28. The van der Waals surface area contributed by atoms with Gasteiger partial charge in [0.25, 0.3) is 0 Å². The van der Waals surface area contributed by atoms with E-state index in [2.05, 4.69) is 18.8 Å². The van der Waals surface area contributed by atoms with E-state index in [1.54, 1.807) is 12.1 Å². The van der Waals surface area contributed by atoms with Gasteiger partial charge in [0.1, 0.15) is 0 Å². The van der Waals surface area contributed by atoms with Crippen LogP contribution < -0.4 is 4.74 Å². The summed E-state index contributed by atoms with van der Waals surface area (Å²) in [5.74, 6) is -0.00167. The Morgan fingerprint density at radius 2 is 2.25 bits per heavy atom. The molecule has 0 saturated heterocycles. The van der Waals surface area contributed by atoms with E-state index in [9.17, 15) is 4.79 Å². The lowest BCUT2D eigenvalue weighted by Crippen LogP contribution is -2.04. The van der Waals surface area contributed by atoms with Gasteiger partial charge in [-0.1, -0.05) is 19.9 Å². The van der Waals surface area contributed by atoms with E-state index in [1.165, 1.54) is 6.07 Å². The highest BCUT2D eigenvalue weighted by Crippen LogP contribution is 2.09. The Bertz CT molecular complexity index is 350. The molecule has 4 nitrogen and oxygen atoms in total. The molecular weight excluding hydrogens is 206 g/mol. The van der Waals surface area contributed by atoms with Gasteiger partial charge in [-0.3, -0.25) is 0 Å². The van der Waals surface area contributed by atoms with Crippen molar-refractivity contribution < 1.29 is 14.6 Å². The predicted octanol–water partition coefficient (Wildman–Crippen LogP) is 2.59. The number of carboxylic acids is 1. The summed E-state index contributed by atoms with van der Waals surface area (Å²) in [6.07, 6.45) is 2.05. The molecule has 0 aliphatic rings. The minimum atomic E-state index is -1.03. The van der Waals surface area contributed by atoms with Crippen molar-refractivity contribution in [1.29, 1.82) is 0 Å². The molecule has 0 radical (unpaired) electrons. The normalized spacial score (nSPS) is 10.4. The van der Waals surface area contributed by atoms with Crippen LogP contribution >= 0.6 is 0 Å². The van der Waals surface area contributed by atoms with Crippen LogP contribution in [0.3, 0.4) is 0 Å². The molecule has 0 atom stereocenters. The van der Waals surface area contributed by atoms with Crippen molar-refractivity contribution in [3.8, 4) is 5.88 Å². The summed E-state index contributed by atoms with van der Waals surface area (Å²) in [6, 6.07) is 4.75. The third kappa shape index (κ3) is 4.29. The fraction of sp³-hybridized carbons (Fsp3) is 0.500. The summed E-state index contributed by atoms with van der Waals surface area (Å²) in [5.41, 5.74) is 0.0151. The van der Waals surface area contributed by atoms with Crippen molar-refractivity contribution in [2.24, 2.45) is 5.92 Å². The first-order valence-electron chi connectivity index (χ1n) is 5.42. The Morgan fingerprint density at radius 1 is 1.50 bits per heavy atom. The SMILES string of the molecule is CC(C)CCCOc1cccc(C(=O)O)n1. The Hall–Kier alpha value is -1.58. The molecule has 16 heavy (non-hydrogen) atoms. The number of nitrogens with zero attached hydrogens (tertiary/aromatic N) is 1. The Morgan fingerprint density at radius 3 is 2.88 bits per heavy atom. The molecule has 4 heteroatoms. The average molecular weight is 223 g/mol. The number of carbonyl (C=O) groups is 1. The summed E-state index contributed by atoms with van der Waals surface area (Å²) < 4.78 is 5.37. The molecule has 0 aromatic carbocycles. The zero-order chi connectivity index (χ0) is 12.0. The van der Waals surface area contributed by atoms with Gasteiger partial charge in [0.05, 0.1) is 6.61 Å². The van der Waals surface area contributed by atoms with E-state index in [4.69, 9.17) is 9.84 Å². The van der Waals surface area contributed by atoms with Crippen molar-refractivity contribution in [3.05, 3.63) is 23.9 Å². The van der Waals surface area contributed by atoms with Crippen molar-refractivity contribution in [2.75, 3.05) is 6.61 Å². The lowest BCUT2D eigenvalue weighted by atomic mass is 10.1. The van der Waals surface area contributed by atoms with E-state index >= 15 is 0 Å². The second-order valence-electron chi connectivity index (χ2n) is 4.05. The Kier molecular flexibility index (Phi) is 4.76. The maximum absolute atomic E-state index is 10.7. The highest BCUT2D eigenvalue weighted by Gasteiger charge is 2.05. The number of hydrogen-bond donors (Lipinski definition) is 1. The predicted molar refractivity (Wildman–Crippen MR) is 60.8 cm³/mol. The highest BCUT2D eigenvalue weighted by atomic mass is 16.5. The largest absolute Gasteiger partial charge is 0.478 e. The van der Waals surface area contributed by atoms with Crippen LogP contribution in [0.2, 0.25) is 0 Å². The molecule has 0 saturated carbocycles. The smallest absolute Gasteiger partial charge is 0.354 e. The standard InChI is InChI=1S/C12H17NO3/c1-9(2)5-4-8-16-11-7-3-6-10(13-11)12(14)15/h3,6-7,9H,4-5,8H2,1-2H3,(H,14,15). The molecule has 1 heterocycles. The second-order valence-corrected chi connectivity index (χ2v) is 4.05. The molecule has 0 aliphatic carbocycles. The molecular formula is C12H17NO3. The van der Waals surface area contributed by atoms with Gasteiger partial charge >= 0.3 is 5.97 Å². The summed E-state index contributed by atoms with van der Waals surface area (Å²) in [7, 11) is 0. The van der Waals surface area contributed by atoms with Crippen molar-refractivity contribution in [3.63, 3.8) is 0 Å². The lowest BCUT2D eigenvalue weighted by molar-refractivity contribution is 0.0689. The van der Waals surface area contributed by atoms with Gasteiger partial charge < -0.3 is 9.84 Å². The fourth-order valence-electron chi connectivity index (χ4n) is 1.28. The molecule has 1 aromatic heterocycles. The minimum Gasteiger partial charge on any atom is -0.478 e. The number of carboxylic acid groups (broad SMARTS) is 1. The number of aromatic nitrogens is 1. The Balaban J connectivity index is 2.42. The third-order valence-corrected chi connectivity index (χ3v) is 2.12. The average Bonchev–Trinajstić information content (AvgIpc) is 2.24. The first kappa shape index (κ1) is 12.5. The van der Waals surface area contributed by atoms with Crippen molar-refractivity contribution >= 4 is 5.97 Å². The van der Waals surface area contributed by atoms with Gasteiger partial charge in [-0.05, 0) is 24.8 Å². The van der Waals surface area contributed by atoms with Crippen LogP contribution in [-0.2, 0) is 0 Å². The first-order valence-corrected chi connectivity index (χ1v) is 5.42. The van der Waals surface area contributed by atoms with Gasteiger partial charge in [-0.15, -0.1) is 0 Å². The molecule has 0 spiro atoms. The van der Waals surface area contributed by atoms with Crippen LogP contribution in [0.15, 0.2) is 18.2 Å². The maximum atomic E-state index is 10.7. The van der Waals surface area contributed by atoms with Crippen LogP contribution in [0.5, 0.6) is 5.88 Å². The number of rotatable bonds is 6. The van der Waals surface area contributed by atoms with E-state index in [0.717, 1.165) is 12.8 Å². The quantitative estimate of drug-likeness (QED) is 0.753. The van der Waals surface area contributed by atoms with Gasteiger partial charge in [-0.2, -0.15) is 0 Å². The zero-order valence-corrected chi connectivity index (χ0v) is 9.64. The monoisotopic (exact) mass is 223 g/mol. The van der Waals surface area contributed by atoms with E-state index in [1.807, 2.05) is 0 Å². The van der Waals surface area contributed by atoms with Crippen molar-refractivity contribution in [2.45, 2.75) is 26.7 Å². The summed E-state index contributed by atoms with van der Waals surface area (Å²) in [6.45, 7) is 4.89. The molecule has 0 aliphatic heterocycles. The van der Waals surface area contributed by atoms with Crippen LogP contribution in [0, 0.1) is 5.92 Å². The van der Waals surface area contributed by atoms with Crippen LogP contribution in [0.4, 0.5) is 0 Å². The molecule has 88 valence electrons. The van der Waals surface area contributed by atoms with Gasteiger partial charge in [-0.25, -0.2) is 9.78 Å². The number of pyridine rings is 1. The number of ether oxygens (including phenoxy) is 1. The van der Waals surface area contributed by atoms with E-state index < -0.39 is 5.97 Å². The first-order chi connectivity index (χ1) is 7.59. The van der Waals surface area contributed by atoms with Gasteiger partial charge in [0.15, 0.2) is 5.69 Å². The van der Waals surface area contributed by atoms with Gasteiger partial charge in [0, 0.05) is 6.07 Å². The molecule has 1 aromatic rings. The maximum Gasteiger partial charge on any atom is 0.354 e. The molecule has 1 rings (SSSR count). The summed E-state index contributed by atoms with van der Waals surface area (Å²) >= 11 is 0. The van der Waals surface area contributed by atoms with Crippen LogP contribution in [0.25, 0.3) is 0 Å². The second kappa shape index (κ2) is 6.10. The zero-order valence-electron chi connectivity index (χ0n) is 9.64. The van der Waals surface area contributed by atoms with Crippen molar-refractivity contribution in [1.82, 2.24) is 4.98 Å². The molecule has 1 N–H and O–H groups in total. The topological polar surface area (TPSA) is 59.4 Å². The molecule has 0 bridgehead atoms.